The van der Waals surface area contributed by atoms with Crippen molar-refractivity contribution in [2.75, 3.05) is 18.1 Å². The van der Waals surface area contributed by atoms with Crippen molar-refractivity contribution in [1.29, 1.82) is 0 Å². The van der Waals surface area contributed by atoms with Crippen LogP contribution in [0.5, 0.6) is 0 Å². The smallest absolute Gasteiger partial charge is 0.220 e. The van der Waals surface area contributed by atoms with Crippen LogP contribution in [0.4, 0.5) is 0 Å². The van der Waals surface area contributed by atoms with Gasteiger partial charge in [0.05, 0.1) is 11.5 Å². The standard InChI is InChI=1S/C13H24N2O3S/c16-13(7-6-11-4-1-2-8-14-11)15-12-5-3-9-19(17,18)10-12/h11-12,14H,1-10H2,(H,15,16). The number of carbonyl (C=O) groups excluding carboxylic acids is 1. The maximum Gasteiger partial charge on any atom is 0.220 e. The van der Waals surface area contributed by atoms with E-state index in [2.05, 4.69) is 10.6 Å². The van der Waals surface area contributed by atoms with Gasteiger partial charge in [-0.2, -0.15) is 0 Å². The molecule has 2 atom stereocenters. The Hall–Kier alpha value is -0.620. The van der Waals surface area contributed by atoms with Crippen molar-refractivity contribution in [3.63, 3.8) is 0 Å². The zero-order valence-corrected chi connectivity index (χ0v) is 12.2. The minimum atomic E-state index is -2.94. The van der Waals surface area contributed by atoms with Crippen molar-refractivity contribution in [2.24, 2.45) is 0 Å². The number of nitrogens with one attached hydrogen (secondary N) is 2. The van der Waals surface area contributed by atoms with Gasteiger partial charge in [-0.15, -0.1) is 0 Å². The van der Waals surface area contributed by atoms with Crippen LogP contribution < -0.4 is 10.6 Å². The van der Waals surface area contributed by atoms with Crippen LogP contribution in [0.3, 0.4) is 0 Å². The first-order chi connectivity index (χ1) is 9.05. The molecule has 5 nitrogen and oxygen atoms in total. The summed E-state index contributed by atoms with van der Waals surface area (Å²) < 4.78 is 23.0. The van der Waals surface area contributed by atoms with E-state index in [0.717, 1.165) is 25.8 Å². The molecule has 0 bridgehead atoms. The second-order valence-corrected chi connectivity index (χ2v) is 7.94. The van der Waals surface area contributed by atoms with E-state index in [4.69, 9.17) is 0 Å². The van der Waals surface area contributed by atoms with E-state index in [0.29, 0.717) is 18.9 Å². The van der Waals surface area contributed by atoms with Crippen molar-refractivity contribution in [3.8, 4) is 0 Å². The third kappa shape index (κ3) is 5.10. The lowest BCUT2D eigenvalue weighted by Gasteiger charge is -2.25. The van der Waals surface area contributed by atoms with Gasteiger partial charge in [0, 0.05) is 18.5 Å². The second kappa shape index (κ2) is 6.70. The van der Waals surface area contributed by atoms with E-state index in [1.54, 1.807) is 0 Å². The van der Waals surface area contributed by atoms with Gasteiger partial charge >= 0.3 is 0 Å². The average Bonchev–Trinajstić information content (AvgIpc) is 2.36. The first kappa shape index (κ1) is 14.8. The monoisotopic (exact) mass is 288 g/mol. The minimum absolute atomic E-state index is 0.00512. The van der Waals surface area contributed by atoms with E-state index < -0.39 is 9.84 Å². The van der Waals surface area contributed by atoms with E-state index in [1.807, 2.05) is 0 Å². The molecule has 2 aliphatic rings. The third-order valence-electron chi connectivity index (χ3n) is 3.96. The van der Waals surface area contributed by atoms with E-state index in [9.17, 15) is 13.2 Å². The fourth-order valence-corrected chi connectivity index (χ4v) is 4.55. The van der Waals surface area contributed by atoms with Crippen LogP contribution in [0.25, 0.3) is 0 Å². The molecule has 2 unspecified atom stereocenters. The number of piperidine rings is 1. The van der Waals surface area contributed by atoms with Crippen LogP contribution in [-0.4, -0.2) is 44.5 Å². The van der Waals surface area contributed by atoms with Gasteiger partial charge in [-0.1, -0.05) is 6.42 Å². The molecule has 2 aliphatic heterocycles. The Morgan fingerprint density at radius 3 is 2.74 bits per heavy atom. The summed E-state index contributed by atoms with van der Waals surface area (Å²) in [6.45, 7) is 1.05. The van der Waals surface area contributed by atoms with Gasteiger partial charge in [0.15, 0.2) is 9.84 Å². The molecule has 6 heteroatoms. The first-order valence-corrected chi connectivity index (χ1v) is 9.10. The number of carbonyl (C=O) groups is 1. The third-order valence-corrected chi connectivity index (χ3v) is 5.78. The molecule has 19 heavy (non-hydrogen) atoms. The number of amides is 1. The maximum absolute atomic E-state index is 11.8. The normalized spacial score (nSPS) is 30.7. The Labute approximate surface area is 115 Å². The first-order valence-electron chi connectivity index (χ1n) is 7.28. The molecule has 0 aliphatic carbocycles. The van der Waals surface area contributed by atoms with Gasteiger partial charge in [-0.05, 0) is 38.6 Å². The Kier molecular flexibility index (Phi) is 5.21. The molecule has 0 saturated carbocycles. The van der Waals surface area contributed by atoms with Crippen molar-refractivity contribution >= 4 is 15.7 Å². The van der Waals surface area contributed by atoms with E-state index in [1.165, 1.54) is 12.8 Å². The molecule has 2 rings (SSSR count). The summed E-state index contributed by atoms with van der Waals surface area (Å²) in [6.07, 6.45) is 6.40. The molecule has 2 fully saturated rings. The zero-order valence-electron chi connectivity index (χ0n) is 11.4. The Balaban J connectivity index is 1.69. The SMILES string of the molecule is O=C(CCC1CCCCN1)NC1CCCS(=O)(=O)C1. The highest BCUT2D eigenvalue weighted by atomic mass is 32.2. The van der Waals surface area contributed by atoms with Crippen molar-refractivity contribution in [3.05, 3.63) is 0 Å². The summed E-state index contributed by atoms with van der Waals surface area (Å²) in [5.74, 6) is 0.376. The summed E-state index contributed by atoms with van der Waals surface area (Å²) in [7, 11) is -2.94. The molecular weight excluding hydrogens is 264 g/mol. The molecule has 2 saturated heterocycles. The topological polar surface area (TPSA) is 75.3 Å². The second-order valence-electron chi connectivity index (χ2n) is 5.71. The fraction of sp³-hybridized carbons (Fsp3) is 0.923. The van der Waals surface area contributed by atoms with Crippen LogP contribution in [0.15, 0.2) is 0 Å². The predicted molar refractivity (Wildman–Crippen MR) is 74.7 cm³/mol. The number of sulfone groups is 1. The summed E-state index contributed by atoms with van der Waals surface area (Å²) in [5.41, 5.74) is 0. The molecule has 0 radical (unpaired) electrons. The van der Waals surface area contributed by atoms with Crippen LogP contribution in [0.1, 0.15) is 44.9 Å². The van der Waals surface area contributed by atoms with E-state index in [-0.39, 0.29) is 23.5 Å². The fourth-order valence-electron chi connectivity index (χ4n) is 2.91. The van der Waals surface area contributed by atoms with Gasteiger partial charge in [-0.3, -0.25) is 4.79 Å². The van der Waals surface area contributed by atoms with Gasteiger partial charge in [0.1, 0.15) is 0 Å². The van der Waals surface area contributed by atoms with Gasteiger partial charge in [0.2, 0.25) is 5.91 Å². The Bertz CT molecular complexity index is 402. The predicted octanol–water partition coefficient (Wildman–Crippen LogP) is 0.602. The summed E-state index contributed by atoms with van der Waals surface area (Å²) in [5, 5.41) is 6.28. The van der Waals surface area contributed by atoms with E-state index >= 15 is 0 Å². The number of hydrogen-bond donors (Lipinski definition) is 2. The van der Waals surface area contributed by atoms with Gasteiger partial charge in [-0.25, -0.2) is 8.42 Å². The maximum atomic E-state index is 11.8. The minimum Gasteiger partial charge on any atom is -0.352 e. The van der Waals surface area contributed by atoms with Crippen molar-refractivity contribution < 1.29 is 13.2 Å². The number of rotatable bonds is 4. The molecule has 0 spiro atoms. The van der Waals surface area contributed by atoms with Crippen molar-refractivity contribution in [2.45, 2.75) is 57.0 Å². The highest BCUT2D eigenvalue weighted by Crippen LogP contribution is 2.14. The average molecular weight is 288 g/mol. The zero-order chi connectivity index (χ0) is 13.7. The lowest BCUT2D eigenvalue weighted by molar-refractivity contribution is -0.121. The molecule has 2 heterocycles. The Morgan fingerprint density at radius 2 is 2.05 bits per heavy atom. The molecule has 1 amide bonds. The lowest BCUT2D eigenvalue weighted by atomic mass is 10.0. The molecule has 0 aromatic heterocycles. The quantitative estimate of drug-likeness (QED) is 0.794. The summed E-state index contributed by atoms with van der Waals surface area (Å²) in [6, 6.07) is 0.278. The highest BCUT2D eigenvalue weighted by Gasteiger charge is 2.26. The number of hydrogen-bond acceptors (Lipinski definition) is 4. The molecule has 0 aromatic rings. The van der Waals surface area contributed by atoms with Crippen LogP contribution >= 0.6 is 0 Å². The molecule has 2 N–H and O–H groups in total. The van der Waals surface area contributed by atoms with Crippen molar-refractivity contribution in [1.82, 2.24) is 10.6 Å². The summed E-state index contributed by atoms with van der Waals surface area (Å²) in [4.78, 5) is 11.8. The van der Waals surface area contributed by atoms with Crippen LogP contribution in [0, 0.1) is 0 Å². The van der Waals surface area contributed by atoms with Crippen LogP contribution in [0.2, 0.25) is 0 Å². The molecular formula is C13H24N2O3S. The summed E-state index contributed by atoms with van der Waals surface area (Å²) >= 11 is 0. The van der Waals surface area contributed by atoms with Gasteiger partial charge < -0.3 is 10.6 Å². The van der Waals surface area contributed by atoms with Gasteiger partial charge in [0.25, 0.3) is 0 Å². The Morgan fingerprint density at radius 1 is 1.21 bits per heavy atom. The molecule has 110 valence electrons. The lowest BCUT2D eigenvalue weighted by Crippen LogP contribution is -2.43. The van der Waals surface area contributed by atoms with Crippen LogP contribution in [-0.2, 0) is 14.6 Å². The molecule has 0 aromatic carbocycles. The highest BCUT2D eigenvalue weighted by molar-refractivity contribution is 7.91. The largest absolute Gasteiger partial charge is 0.352 e.